The van der Waals surface area contributed by atoms with Gasteiger partial charge in [-0.15, -0.1) is 0 Å². The van der Waals surface area contributed by atoms with Gasteiger partial charge in [-0.25, -0.2) is 5.43 Å². The molecule has 0 fully saturated rings. The van der Waals surface area contributed by atoms with Crippen LogP contribution < -0.4 is 11.2 Å². The Morgan fingerprint density at radius 2 is 1.95 bits per heavy atom. The Kier molecular flexibility index (Phi) is 4.50. The summed E-state index contributed by atoms with van der Waals surface area (Å²) in [4.78, 5) is 11.9. The van der Waals surface area contributed by atoms with E-state index in [0.29, 0.717) is 5.56 Å². The van der Waals surface area contributed by atoms with E-state index in [2.05, 4.69) is 17.2 Å². The maximum absolute atomic E-state index is 11.9. The summed E-state index contributed by atoms with van der Waals surface area (Å²) in [5, 5.41) is 3.42. The van der Waals surface area contributed by atoms with Gasteiger partial charge in [-0.1, -0.05) is 30.3 Å². The fraction of sp³-hybridized carbons (Fsp3) is 0.125. The Labute approximate surface area is 118 Å². The quantitative estimate of drug-likeness (QED) is 0.496. The van der Waals surface area contributed by atoms with Gasteiger partial charge in [-0.05, 0) is 42.2 Å². The molecule has 2 rings (SSSR count). The van der Waals surface area contributed by atoms with Crippen LogP contribution in [0.1, 0.15) is 21.5 Å². The third kappa shape index (κ3) is 3.45. The molecule has 0 aromatic heterocycles. The van der Waals surface area contributed by atoms with Gasteiger partial charge in [0.15, 0.2) is 0 Å². The number of anilines is 1. The van der Waals surface area contributed by atoms with E-state index in [1.807, 2.05) is 42.5 Å². The fourth-order valence-electron chi connectivity index (χ4n) is 2.12. The Bertz CT molecular complexity index is 623. The molecule has 102 valence electrons. The molecule has 0 unspecified atom stereocenters. The van der Waals surface area contributed by atoms with Gasteiger partial charge in [-0.2, -0.15) is 5.10 Å². The van der Waals surface area contributed by atoms with E-state index in [1.54, 1.807) is 6.07 Å². The van der Waals surface area contributed by atoms with E-state index in [9.17, 15) is 4.79 Å². The molecule has 4 heteroatoms. The largest absolute Gasteiger partial charge is 0.399 e. The molecule has 0 spiro atoms. The highest BCUT2D eigenvalue weighted by Crippen LogP contribution is 2.14. The van der Waals surface area contributed by atoms with E-state index in [-0.39, 0.29) is 5.91 Å². The summed E-state index contributed by atoms with van der Waals surface area (Å²) in [6.07, 6.45) is 1.60. The Balaban J connectivity index is 2.13. The maximum Gasteiger partial charge on any atom is 0.271 e. The highest BCUT2D eigenvalue weighted by molar-refractivity contribution is 5.95. The van der Waals surface area contributed by atoms with Crippen LogP contribution in [0, 0.1) is 0 Å². The maximum atomic E-state index is 11.9. The third-order valence-corrected chi connectivity index (χ3v) is 3.08. The van der Waals surface area contributed by atoms with Crippen molar-refractivity contribution in [2.24, 2.45) is 5.10 Å². The number of carbonyl (C=O) groups is 1. The summed E-state index contributed by atoms with van der Waals surface area (Å²) in [6, 6.07) is 15.3. The van der Waals surface area contributed by atoms with E-state index < -0.39 is 0 Å². The fourth-order valence-corrected chi connectivity index (χ4v) is 2.12. The van der Waals surface area contributed by atoms with Crippen LogP contribution in [0.5, 0.6) is 0 Å². The van der Waals surface area contributed by atoms with E-state index in [1.165, 1.54) is 0 Å². The number of nitrogens with two attached hydrogens (primary N) is 1. The number of nitrogen functional groups attached to an aromatic ring is 1. The Morgan fingerprint density at radius 3 is 2.70 bits per heavy atom. The van der Waals surface area contributed by atoms with Crippen LogP contribution in [0.4, 0.5) is 5.69 Å². The van der Waals surface area contributed by atoms with Gasteiger partial charge >= 0.3 is 0 Å². The SMILES string of the molecule is C=NNC(=O)c1ccccc1CCc1cccc(N)c1. The first-order valence-electron chi connectivity index (χ1n) is 6.39. The lowest BCUT2D eigenvalue weighted by molar-refractivity contribution is 0.0954. The van der Waals surface area contributed by atoms with Crippen LogP contribution in [0.25, 0.3) is 0 Å². The lowest BCUT2D eigenvalue weighted by Crippen LogP contribution is -2.18. The summed E-state index contributed by atoms with van der Waals surface area (Å²) in [5.41, 5.74) is 11.6. The minimum atomic E-state index is -0.233. The topological polar surface area (TPSA) is 67.5 Å². The molecule has 0 aliphatic carbocycles. The lowest BCUT2D eigenvalue weighted by Gasteiger charge is -2.08. The van der Waals surface area contributed by atoms with Crippen LogP contribution in [-0.2, 0) is 12.8 Å². The second-order valence-electron chi connectivity index (χ2n) is 4.50. The van der Waals surface area contributed by atoms with Crippen molar-refractivity contribution in [3.63, 3.8) is 0 Å². The van der Waals surface area contributed by atoms with Crippen molar-refractivity contribution in [1.29, 1.82) is 0 Å². The van der Waals surface area contributed by atoms with Crippen LogP contribution in [0.2, 0.25) is 0 Å². The zero-order valence-electron chi connectivity index (χ0n) is 11.2. The van der Waals surface area contributed by atoms with Crippen molar-refractivity contribution < 1.29 is 4.79 Å². The zero-order valence-corrected chi connectivity index (χ0v) is 11.2. The molecule has 0 aliphatic rings. The second-order valence-corrected chi connectivity index (χ2v) is 4.50. The molecule has 0 heterocycles. The monoisotopic (exact) mass is 267 g/mol. The van der Waals surface area contributed by atoms with Crippen molar-refractivity contribution in [1.82, 2.24) is 5.43 Å². The number of aryl methyl sites for hydroxylation is 2. The number of hydrogen-bond donors (Lipinski definition) is 2. The van der Waals surface area contributed by atoms with Crippen molar-refractivity contribution in [2.45, 2.75) is 12.8 Å². The predicted molar refractivity (Wildman–Crippen MR) is 81.7 cm³/mol. The molecule has 2 aromatic carbocycles. The molecule has 2 aromatic rings. The first-order valence-corrected chi connectivity index (χ1v) is 6.39. The van der Waals surface area contributed by atoms with Crippen molar-refractivity contribution in [3.05, 3.63) is 65.2 Å². The molecule has 0 saturated carbocycles. The van der Waals surface area contributed by atoms with Crippen LogP contribution in [0.15, 0.2) is 53.6 Å². The molecule has 0 aliphatic heterocycles. The van der Waals surface area contributed by atoms with E-state index >= 15 is 0 Å². The van der Waals surface area contributed by atoms with Gasteiger partial charge in [0, 0.05) is 18.0 Å². The summed E-state index contributed by atoms with van der Waals surface area (Å²) in [5.74, 6) is -0.233. The van der Waals surface area contributed by atoms with Crippen LogP contribution >= 0.6 is 0 Å². The predicted octanol–water partition coefficient (Wildman–Crippen LogP) is 2.40. The van der Waals surface area contributed by atoms with Gasteiger partial charge in [-0.3, -0.25) is 4.79 Å². The minimum absolute atomic E-state index is 0.233. The summed E-state index contributed by atoms with van der Waals surface area (Å²) in [6.45, 7) is 3.26. The Morgan fingerprint density at radius 1 is 1.15 bits per heavy atom. The molecule has 0 bridgehead atoms. The first kappa shape index (κ1) is 13.8. The molecule has 1 amide bonds. The van der Waals surface area contributed by atoms with Crippen LogP contribution in [-0.4, -0.2) is 12.6 Å². The molecular weight excluding hydrogens is 250 g/mol. The van der Waals surface area contributed by atoms with Gasteiger partial charge in [0.25, 0.3) is 5.91 Å². The third-order valence-electron chi connectivity index (χ3n) is 3.08. The summed E-state index contributed by atoms with van der Waals surface area (Å²) < 4.78 is 0. The number of benzene rings is 2. The van der Waals surface area contributed by atoms with E-state index in [0.717, 1.165) is 29.7 Å². The number of hydrogen-bond acceptors (Lipinski definition) is 3. The molecule has 3 N–H and O–H groups in total. The average Bonchev–Trinajstić information content (AvgIpc) is 2.46. The van der Waals surface area contributed by atoms with Crippen LogP contribution in [0.3, 0.4) is 0 Å². The Hall–Kier alpha value is -2.62. The first-order chi connectivity index (χ1) is 9.70. The number of carbonyl (C=O) groups excluding carboxylic acids is 1. The zero-order chi connectivity index (χ0) is 14.4. The normalized spacial score (nSPS) is 10.0. The van der Waals surface area contributed by atoms with Crippen molar-refractivity contribution in [3.8, 4) is 0 Å². The van der Waals surface area contributed by atoms with Crippen molar-refractivity contribution in [2.75, 3.05) is 5.73 Å². The van der Waals surface area contributed by atoms with Gasteiger partial charge in [0.05, 0.1) is 0 Å². The van der Waals surface area contributed by atoms with Gasteiger partial charge in [0.1, 0.15) is 0 Å². The number of hydrazone groups is 1. The number of rotatable bonds is 5. The summed E-state index contributed by atoms with van der Waals surface area (Å²) >= 11 is 0. The molecular formula is C16H17N3O. The number of nitrogens with zero attached hydrogens (tertiary/aromatic N) is 1. The van der Waals surface area contributed by atoms with Crippen molar-refractivity contribution >= 4 is 18.3 Å². The highest BCUT2D eigenvalue weighted by atomic mass is 16.2. The smallest absolute Gasteiger partial charge is 0.271 e. The van der Waals surface area contributed by atoms with E-state index in [4.69, 9.17) is 5.73 Å². The highest BCUT2D eigenvalue weighted by Gasteiger charge is 2.09. The summed E-state index contributed by atoms with van der Waals surface area (Å²) in [7, 11) is 0. The minimum Gasteiger partial charge on any atom is -0.399 e. The van der Waals surface area contributed by atoms with Gasteiger partial charge < -0.3 is 5.73 Å². The standard InChI is InChI=1S/C16H17N3O/c1-18-19-16(20)15-8-3-2-6-13(15)10-9-12-5-4-7-14(17)11-12/h2-8,11H,1,9-10,17H2,(H,19,20). The second kappa shape index (κ2) is 6.52. The molecule has 0 saturated heterocycles. The molecule has 4 nitrogen and oxygen atoms in total. The number of nitrogens with one attached hydrogen (secondary N) is 1. The molecule has 20 heavy (non-hydrogen) atoms. The molecule has 0 atom stereocenters. The molecule has 0 radical (unpaired) electrons. The lowest BCUT2D eigenvalue weighted by atomic mass is 9.99. The number of amides is 1. The average molecular weight is 267 g/mol. The van der Waals surface area contributed by atoms with Gasteiger partial charge in [0.2, 0.25) is 0 Å².